The zero-order chi connectivity index (χ0) is 26.2. The number of allylic oxidation sites excluding steroid dienone is 1. The molecule has 1 saturated heterocycles. The first-order valence-electron chi connectivity index (χ1n) is 13.3. The summed E-state index contributed by atoms with van der Waals surface area (Å²) in [5, 5.41) is 6.23. The van der Waals surface area contributed by atoms with Gasteiger partial charge in [-0.3, -0.25) is 0 Å². The summed E-state index contributed by atoms with van der Waals surface area (Å²) >= 11 is 0. The smallest absolute Gasteiger partial charge is 0.0593 e. The van der Waals surface area contributed by atoms with Crippen molar-refractivity contribution < 1.29 is 4.74 Å². The van der Waals surface area contributed by atoms with Crippen LogP contribution in [0.25, 0.3) is 0 Å². The second-order valence-corrected chi connectivity index (χ2v) is 8.92. The van der Waals surface area contributed by atoms with Crippen molar-refractivity contribution in [2.24, 2.45) is 0 Å². The van der Waals surface area contributed by atoms with Gasteiger partial charge in [-0.25, -0.2) is 0 Å². The molecule has 4 heteroatoms. The first-order chi connectivity index (χ1) is 17.0. The summed E-state index contributed by atoms with van der Waals surface area (Å²) in [4.78, 5) is 2.30. The van der Waals surface area contributed by atoms with Gasteiger partial charge in [-0.15, -0.1) is 6.58 Å². The SMILES string of the molecule is C=CCCCC.CCc1ccc(CNC)cc1.CN1CCCOCC1.CNCc1cccc(C)c1. The summed E-state index contributed by atoms with van der Waals surface area (Å²) in [5.41, 5.74) is 5.44. The Morgan fingerprint density at radius 3 is 2.11 bits per heavy atom. The average Bonchev–Trinajstić information content (AvgIpc) is 3.12. The highest BCUT2D eigenvalue weighted by Crippen LogP contribution is 2.04. The summed E-state index contributed by atoms with van der Waals surface area (Å²) in [7, 11) is 6.06. The third kappa shape index (κ3) is 20.0. The fourth-order valence-corrected chi connectivity index (χ4v) is 3.34. The summed E-state index contributed by atoms with van der Waals surface area (Å²) < 4.78 is 5.22. The van der Waals surface area contributed by atoms with Gasteiger partial charge in [0.05, 0.1) is 6.61 Å². The summed E-state index contributed by atoms with van der Waals surface area (Å²) in [6, 6.07) is 17.2. The Hall–Kier alpha value is -1.98. The molecule has 4 nitrogen and oxygen atoms in total. The van der Waals surface area contributed by atoms with Crippen LogP contribution in [0, 0.1) is 6.92 Å². The maximum absolute atomic E-state index is 5.22. The molecule has 2 N–H and O–H groups in total. The van der Waals surface area contributed by atoms with Crippen LogP contribution in [0.5, 0.6) is 0 Å². The minimum absolute atomic E-state index is 0.913. The highest BCUT2D eigenvalue weighted by molar-refractivity contribution is 5.22. The van der Waals surface area contributed by atoms with E-state index in [0.29, 0.717) is 0 Å². The Balaban J connectivity index is 0.000000451. The minimum Gasteiger partial charge on any atom is -0.380 e. The fraction of sp³-hybridized carbons (Fsp3) is 0.548. The molecule has 0 unspecified atom stereocenters. The molecule has 0 spiro atoms. The molecule has 0 atom stereocenters. The zero-order valence-corrected chi connectivity index (χ0v) is 23.5. The Kier molecular flexibility index (Phi) is 22.4. The topological polar surface area (TPSA) is 36.5 Å². The van der Waals surface area contributed by atoms with Crippen LogP contribution >= 0.6 is 0 Å². The predicted molar refractivity (Wildman–Crippen MR) is 155 cm³/mol. The molecule has 198 valence electrons. The lowest BCUT2D eigenvalue weighted by atomic mass is 10.1. The van der Waals surface area contributed by atoms with Crippen molar-refractivity contribution >= 4 is 0 Å². The van der Waals surface area contributed by atoms with E-state index in [1.165, 1.54) is 54.5 Å². The molecule has 2 aromatic rings. The number of unbranched alkanes of at least 4 members (excludes halogenated alkanes) is 2. The standard InChI is InChI=1S/C10H15N.C9H13N.C6H13NO.C6H12/c1-3-9-4-6-10(7-5-9)8-11-2;1-8-4-3-5-9(6-8)7-10-2;1-7-3-2-5-8-6-4-7;1-3-5-6-4-2/h4-7,11H,3,8H2,1-2H3;3-6,10H,7H2,1-2H3;2-6H2,1H3;3H,1,4-6H2,2H3. The molecule has 0 bridgehead atoms. The van der Waals surface area contributed by atoms with E-state index >= 15 is 0 Å². The molecule has 1 heterocycles. The van der Waals surface area contributed by atoms with E-state index in [2.05, 4.69) is 98.5 Å². The predicted octanol–water partition coefficient (Wildman–Crippen LogP) is 6.38. The molecule has 3 rings (SSSR count). The number of hydrogen-bond acceptors (Lipinski definition) is 4. The minimum atomic E-state index is 0.913. The number of aryl methyl sites for hydroxylation is 2. The molecule has 1 aliphatic rings. The molecule has 0 radical (unpaired) electrons. The number of benzene rings is 2. The van der Waals surface area contributed by atoms with E-state index in [4.69, 9.17) is 4.74 Å². The Morgan fingerprint density at radius 1 is 0.914 bits per heavy atom. The maximum Gasteiger partial charge on any atom is 0.0593 e. The van der Waals surface area contributed by atoms with Crippen molar-refractivity contribution in [1.29, 1.82) is 0 Å². The van der Waals surface area contributed by atoms with Crippen molar-refractivity contribution in [2.45, 2.75) is 66.0 Å². The zero-order valence-electron chi connectivity index (χ0n) is 23.5. The Morgan fingerprint density at radius 2 is 1.57 bits per heavy atom. The largest absolute Gasteiger partial charge is 0.380 e. The Bertz CT molecular complexity index is 722. The molecule has 0 amide bonds. The molecular weight excluding hydrogens is 430 g/mol. The summed E-state index contributed by atoms with van der Waals surface area (Å²) in [5.74, 6) is 0. The van der Waals surface area contributed by atoms with Crippen LogP contribution in [0.15, 0.2) is 61.2 Å². The molecular formula is C31H53N3O. The van der Waals surface area contributed by atoms with Gasteiger partial charge in [-0.05, 0) is 64.0 Å². The van der Waals surface area contributed by atoms with Gasteiger partial charge in [0.15, 0.2) is 0 Å². The van der Waals surface area contributed by atoms with Gasteiger partial charge < -0.3 is 20.3 Å². The van der Waals surface area contributed by atoms with E-state index in [0.717, 1.165) is 39.3 Å². The van der Waals surface area contributed by atoms with E-state index in [1.807, 2.05) is 20.2 Å². The van der Waals surface area contributed by atoms with E-state index in [1.54, 1.807) is 0 Å². The van der Waals surface area contributed by atoms with Crippen molar-refractivity contribution in [1.82, 2.24) is 15.5 Å². The number of hydrogen-bond donors (Lipinski definition) is 2. The molecule has 0 aliphatic carbocycles. The summed E-state index contributed by atoms with van der Waals surface area (Å²) in [6.45, 7) is 16.1. The Labute approximate surface area is 217 Å². The maximum atomic E-state index is 5.22. The molecule has 1 aliphatic heterocycles. The highest BCUT2D eigenvalue weighted by Gasteiger charge is 2.01. The molecule has 35 heavy (non-hydrogen) atoms. The molecule has 0 aromatic heterocycles. The summed E-state index contributed by atoms with van der Waals surface area (Å²) in [6.07, 6.45) is 8.03. The van der Waals surface area contributed by atoms with Crippen LogP contribution < -0.4 is 10.6 Å². The average molecular weight is 484 g/mol. The third-order valence-electron chi connectivity index (χ3n) is 5.48. The molecule has 1 fully saturated rings. The monoisotopic (exact) mass is 483 g/mol. The lowest BCUT2D eigenvalue weighted by molar-refractivity contribution is 0.144. The van der Waals surface area contributed by atoms with Gasteiger partial charge in [0, 0.05) is 32.8 Å². The van der Waals surface area contributed by atoms with Crippen LogP contribution in [0.4, 0.5) is 0 Å². The normalized spacial score (nSPS) is 13.1. The number of rotatable bonds is 8. The molecule has 2 aromatic carbocycles. The van der Waals surface area contributed by atoms with E-state index in [-0.39, 0.29) is 0 Å². The fourth-order valence-electron chi connectivity index (χ4n) is 3.34. The third-order valence-corrected chi connectivity index (χ3v) is 5.48. The second kappa shape index (κ2) is 23.7. The van der Waals surface area contributed by atoms with Gasteiger partial charge in [0.2, 0.25) is 0 Å². The number of nitrogens with one attached hydrogen (secondary N) is 2. The van der Waals surface area contributed by atoms with Crippen LogP contribution in [0.1, 0.15) is 61.8 Å². The lowest BCUT2D eigenvalue weighted by Crippen LogP contribution is -2.20. The van der Waals surface area contributed by atoms with Gasteiger partial charge in [0.1, 0.15) is 0 Å². The van der Waals surface area contributed by atoms with Crippen LogP contribution in [-0.2, 0) is 24.2 Å². The van der Waals surface area contributed by atoms with Crippen molar-refractivity contribution in [3.8, 4) is 0 Å². The van der Waals surface area contributed by atoms with Crippen molar-refractivity contribution in [3.05, 3.63) is 83.4 Å². The van der Waals surface area contributed by atoms with Crippen molar-refractivity contribution in [2.75, 3.05) is 47.4 Å². The van der Waals surface area contributed by atoms with Gasteiger partial charge in [-0.1, -0.05) is 86.9 Å². The number of likely N-dealkylation sites (N-methyl/N-ethyl adjacent to an activating group) is 1. The van der Waals surface area contributed by atoms with Crippen LogP contribution in [0.2, 0.25) is 0 Å². The van der Waals surface area contributed by atoms with Crippen LogP contribution in [0.3, 0.4) is 0 Å². The van der Waals surface area contributed by atoms with E-state index in [9.17, 15) is 0 Å². The number of ether oxygens (including phenoxy) is 1. The van der Waals surface area contributed by atoms with Gasteiger partial charge in [-0.2, -0.15) is 0 Å². The van der Waals surface area contributed by atoms with E-state index < -0.39 is 0 Å². The second-order valence-electron chi connectivity index (χ2n) is 8.92. The van der Waals surface area contributed by atoms with Gasteiger partial charge in [0.25, 0.3) is 0 Å². The van der Waals surface area contributed by atoms with Gasteiger partial charge >= 0.3 is 0 Å². The molecule has 0 saturated carbocycles. The first-order valence-corrected chi connectivity index (χ1v) is 13.3. The van der Waals surface area contributed by atoms with Crippen LogP contribution in [-0.4, -0.2) is 52.3 Å². The quantitative estimate of drug-likeness (QED) is 0.337. The first kappa shape index (κ1) is 33.0. The number of nitrogens with zero attached hydrogens (tertiary/aromatic N) is 1. The highest BCUT2D eigenvalue weighted by atomic mass is 16.5. The lowest BCUT2D eigenvalue weighted by Gasteiger charge is -2.09. The van der Waals surface area contributed by atoms with Crippen molar-refractivity contribution in [3.63, 3.8) is 0 Å².